The van der Waals surface area contributed by atoms with Crippen LogP contribution in [-0.4, -0.2) is 55.0 Å². The first-order chi connectivity index (χ1) is 11.4. The summed E-state index contributed by atoms with van der Waals surface area (Å²) in [5, 5.41) is 0. The normalized spacial score (nSPS) is 18.1. The zero-order valence-electron chi connectivity index (χ0n) is 14.5. The first kappa shape index (κ1) is 18.0. The van der Waals surface area contributed by atoms with Gasteiger partial charge in [0.15, 0.2) is 11.5 Å². The molecular weight excluding hydrogens is 315 g/mol. The number of benzene rings is 1. The molecule has 0 N–H and O–H groups in total. The van der Waals surface area contributed by atoms with E-state index in [4.69, 9.17) is 9.47 Å². The van der Waals surface area contributed by atoms with E-state index < -0.39 is 11.9 Å². The van der Waals surface area contributed by atoms with Crippen LogP contribution in [0.5, 0.6) is 11.5 Å². The Morgan fingerprint density at radius 3 is 2.42 bits per heavy atom. The van der Waals surface area contributed by atoms with Crippen molar-refractivity contribution in [2.24, 2.45) is 0 Å². The Bertz CT molecular complexity index is 635. The summed E-state index contributed by atoms with van der Waals surface area (Å²) in [6.45, 7) is 4.21. The zero-order chi connectivity index (χ0) is 17.9. The van der Waals surface area contributed by atoms with Crippen LogP contribution in [0.4, 0.5) is 4.39 Å². The Morgan fingerprint density at radius 2 is 1.83 bits per heavy atom. The van der Waals surface area contributed by atoms with Crippen LogP contribution < -0.4 is 9.47 Å². The number of carbonyl (C=O) groups excluding carboxylic acids is 2. The van der Waals surface area contributed by atoms with Crippen molar-refractivity contribution in [1.82, 2.24) is 9.80 Å². The molecule has 1 fully saturated rings. The van der Waals surface area contributed by atoms with Gasteiger partial charge in [0, 0.05) is 24.7 Å². The first-order valence-electron chi connectivity index (χ1n) is 7.91. The fourth-order valence-corrected chi connectivity index (χ4v) is 2.83. The third kappa shape index (κ3) is 3.44. The van der Waals surface area contributed by atoms with Gasteiger partial charge in [-0.2, -0.15) is 0 Å². The van der Waals surface area contributed by atoms with Gasteiger partial charge in [0.1, 0.15) is 11.9 Å². The van der Waals surface area contributed by atoms with Gasteiger partial charge in [0.25, 0.3) is 0 Å². The molecule has 0 aliphatic carbocycles. The van der Waals surface area contributed by atoms with Crippen LogP contribution in [0.2, 0.25) is 0 Å². The summed E-state index contributed by atoms with van der Waals surface area (Å²) in [7, 11) is 2.88. The molecular formula is C17H23FN2O4. The Labute approximate surface area is 141 Å². The molecule has 1 saturated heterocycles. The topological polar surface area (TPSA) is 59.1 Å². The summed E-state index contributed by atoms with van der Waals surface area (Å²) in [5.41, 5.74) is 0.282. The van der Waals surface area contributed by atoms with Crippen molar-refractivity contribution < 1.29 is 23.5 Å². The summed E-state index contributed by atoms with van der Waals surface area (Å²) in [5.74, 6) is -0.148. The largest absolute Gasteiger partial charge is 0.493 e. The van der Waals surface area contributed by atoms with Gasteiger partial charge in [-0.25, -0.2) is 4.39 Å². The molecule has 2 amide bonds. The average Bonchev–Trinajstić information content (AvgIpc) is 2.57. The molecule has 1 aromatic rings. The molecule has 1 aliphatic rings. The van der Waals surface area contributed by atoms with Gasteiger partial charge in [-0.3, -0.25) is 9.59 Å². The Morgan fingerprint density at radius 1 is 1.21 bits per heavy atom. The van der Waals surface area contributed by atoms with Crippen LogP contribution in [0.25, 0.3) is 0 Å². The van der Waals surface area contributed by atoms with Gasteiger partial charge < -0.3 is 19.3 Å². The Kier molecular flexibility index (Phi) is 5.64. The minimum atomic E-state index is -0.620. The maximum atomic E-state index is 14.3. The van der Waals surface area contributed by atoms with E-state index in [1.54, 1.807) is 11.8 Å². The van der Waals surface area contributed by atoms with Gasteiger partial charge in [-0.1, -0.05) is 6.92 Å². The lowest BCUT2D eigenvalue weighted by molar-refractivity contribution is -0.155. The highest BCUT2D eigenvalue weighted by Gasteiger charge is 2.36. The average molecular weight is 338 g/mol. The number of halogens is 1. The summed E-state index contributed by atoms with van der Waals surface area (Å²) < 4.78 is 24.5. The number of methoxy groups -OCH3 is 2. The molecule has 6 nitrogen and oxygen atoms in total. The molecule has 0 unspecified atom stereocenters. The van der Waals surface area contributed by atoms with Crippen LogP contribution in [-0.2, 0) is 16.1 Å². The molecule has 1 aliphatic heterocycles. The molecule has 2 rings (SSSR count). The van der Waals surface area contributed by atoms with E-state index in [0.717, 1.165) is 6.42 Å². The van der Waals surface area contributed by atoms with Crippen LogP contribution >= 0.6 is 0 Å². The first-order valence-corrected chi connectivity index (χ1v) is 7.91. The van der Waals surface area contributed by atoms with Crippen molar-refractivity contribution in [2.75, 3.05) is 27.3 Å². The van der Waals surface area contributed by atoms with Crippen molar-refractivity contribution in [2.45, 2.75) is 32.9 Å². The molecule has 0 aromatic heterocycles. The van der Waals surface area contributed by atoms with Crippen LogP contribution in [0.3, 0.4) is 0 Å². The standard InChI is InChI=1S/C17H23FN2O4/c1-5-6-19-10-16(21)20(11(2)17(19)22)9-12-7-14(23-3)15(24-4)8-13(12)18/h7-8,11H,5-6,9-10H2,1-4H3/t11-/m0/s1. The predicted molar refractivity (Wildman–Crippen MR) is 86.4 cm³/mol. The molecule has 0 saturated carbocycles. The zero-order valence-corrected chi connectivity index (χ0v) is 14.5. The number of ether oxygens (including phenoxy) is 2. The molecule has 0 bridgehead atoms. The maximum Gasteiger partial charge on any atom is 0.245 e. The highest BCUT2D eigenvalue weighted by Crippen LogP contribution is 2.31. The van der Waals surface area contributed by atoms with Gasteiger partial charge >= 0.3 is 0 Å². The quantitative estimate of drug-likeness (QED) is 0.794. The number of hydrogen-bond donors (Lipinski definition) is 0. The molecule has 0 radical (unpaired) electrons. The Balaban J connectivity index is 2.24. The number of carbonyl (C=O) groups is 2. The monoisotopic (exact) mass is 338 g/mol. The van der Waals surface area contributed by atoms with E-state index in [1.807, 2.05) is 6.92 Å². The van der Waals surface area contributed by atoms with Crippen molar-refractivity contribution in [3.8, 4) is 11.5 Å². The predicted octanol–water partition coefficient (Wildman–Crippen LogP) is 1.81. The summed E-state index contributed by atoms with van der Waals surface area (Å²) in [6, 6.07) is 2.10. The highest BCUT2D eigenvalue weighted by atomic mass is 19.1. The molecule has 1 aromatic carbocycles. The molecule has 1 atom stereocenters. The Hall–Kier alpha value is -2.31. The van der Waals surface area contributed by atoms with Crippen LogP contribution in [0.1, 0.15) is 25.8 Å². The van der Waals surface area contributed by atoms with Crippen molar-refractivity contribution in [1.29, 1.82) is 0 Å². The third-order valence-corrected chi connectivity index (χ3v) is 4.17. The smallest absolute Gasteiger partial charge is 0.245 e. The molecule has 132 valence electrons. The van der Waals surface area contributed by atoms with E-state index in [9.17, 15) is 14.0 Å². The summed E-state index contributed by atoms with van der Waals surface area (Å²) in [6.07, 6.45) is 0.788. The third-order valence-electron chi connectivity index (χ3n) is 4.17. The number of hydrogen-bond acceptors (Lipinski definition) is 4. The van der Waals surface area contributed by atoms with Crippen LogP contribution in [0, 0.1) is 5.82 Å². The number of rotatable bonds is 6. The molecule has 0 spiro atoms. The number of piperazine rings is 1. The lowest BCUT2D eigenvalue weighted by Crippen LogP contribution is -2.58. The SMILES string of the molecule is CCCN1CC(=O)N(Cc2cc(OC)c(OC)cc2F)[C@@H](C)C1=O. The van der Waals surface area contributed by atoms with E-state index in [1.165, 1.54) is 31.3 Å². The van der Waals surface area contributed by atoms with Gasteiger partial charge in [-0.05, 0) is 19.4 Å². The summed E-state index contributed by atoms with van der Waals surface area (Å²) in [4.78, 5) is 27.7. The van der Waals surface area contributed by atoms with Crippen LogP contribution in [0.15, 0.2) is 12.1 Å². The van der Waals surface area contributed by atoms with E-state index in [0.29, 0.717) is 12.3 Å². The van der Waals surface area contributed by atoms with Gasteiger partial charge in [-0.15, -0.1) is 0 Å². The fraction of sp³-hybridized carbons (Fsp3) is 0.529. The molecule has 1 heterocycles. The van der Waals surface area contributed by atoms with Gasteiger partial charge in [0.05, 0.1) is 20.8 Å². The minimum Gasteiger partial charge on any atom is -0.493 e. The second kappa shape index (κ2) is 7.51. The lowest BCUT2D eigenvalue weighted by Gasteiger charge is -2.38. The van der Waals surface area contributed by atoms with Crippen molar-refractivity contribution >= 4 is 11.8 Å². The second-order valence-electron chi connectivity index (χ2n) is 5.76. The van der Waals surface area contributed by atoms with Crippen molar-refractivity contribution in [3.05, 3.63) is 23.5 Å². The second-order valence-corrected chi connectivity index (χ2v) is 5.76. The van der Waals surface area contributed by atoms with E-state index in [-0.39, 0.29) is 36.2 Å². The fourth-order valence-electron chi connectivity index (χ4n) is 2.83. The number of amides is 2. The summed E-state index contributed by atoms with van der Waals surface area (Å²) >= 11 is 0. The maximum absolute atomic E-state index is 14.3. The molecule has 24 heavy (non-hydrogen) atoms. The highest BCUT2D eigenvalue weighted by molar-refractivity contribution is 5.94. The number of nitrogens with zero attached hydrogens (tertiary/aromatic N) is 2. The van der Waals surface area contributed by atoms with E-state index in [2.05, 4.69) is 0 Å². The molecule has 7 heteroatoms. The lowest BCUT2D eigenvalue weighted by atomic mass is 10.1. The van der Waals surface area contributed by atoms with Crippen molar-refractivity contribution in [3.63, 3.8) is 0 Å². The van der Waals surface area contributed by atoms with E-state index >= 15 is 0 Å². The minimum absolute atomic E-state index is 0.0118. The van der Waals surface area contributed by atoms with Gasteiger partial charge in [0.2, 0.25) is 11.8 Å².